The average Bonchev–Trinajstić information content (AvgIpc) is 2.42. The molecule has 154 valence electrons. The Bertz CT molecular complexity index is 447. The van der Waals surface area contributed by atoms with Gasteiger partial charge in [-0.3, -0.25) is 0 Å². The molecule has 0 aromatic carbocycles. The van der Waals surface area contributed by atoms with Crippen LogP contribution in [0.1, 0.15) is 74.1 Å². The summed E-state index contributed by atoms with van der Waals surface area (Å²) in [6, 6.07) is 0.559. The molecule has 0 aliphatic heterocycles. The predicted octanol–water partition coefficient (Wildman–Crippen LogP) is 4.82. The number of rotatable bonds is 6. The van der Waals surface area contributed by atoms with Crippen LogP contribution < -0.4 is 10.6 Å². The van der Waals surface area contributed by atoms with E-state index in [-0.39, 0.29) is 17.2 Å². The lowest BCUT2D eigenvalue weighted by molar-refractivity contribution is 0.0506. The minimum atomic E-state index is -1.67. The summed E-state index contributed by atoms with van der Waals surface area (Å²) in [6.45, 7) is 19.9. The van der Waals surface area contributed by atoms with E-state index in [0.717, 1.165) is 32.2 Å². The Labute approximate surface area is 162 Å². The maximum Gasteiger partial charge on any atom is 0.407 e. The van der Waals surface area contributed by atoms with Crippen molar-refractivity contribution in [2.45, 2.75) is 116 Å². The summed E-state index contributed by atoms with van der Waals surface area (Å²) in [5.41, 5.74) is -0.459. The first-order valence-electron chi connectivity index (χ1n) is 10.1. The maximum absolute atomic E-state index is 11.8. The Kier molecular flexibility index (Phi) is 8.17. The van der Waals surface area contributed by atoms with E-state index in [1.54, 1.807) is 0 Å². The van der Waals surface area contributed by atoms with Crippen LogP contribution in [0.2, 0.25) is 18.1 Å². The Balaban J connectivity index is 2.29. The van der Waals surface area contributed by atoms with Gasteiger partial charge in [0.1, 0.15) is 5.60 Å². The fourth-order valence-corrected chi connectivity index (χ4v) is 4.30. The number of ether oxygens (including phenoxy) is 1. The van der Waals surface area contributed by atoms with Crippen molar-refractivity contribution in [3.05, 3.63) is 0 Å². The Morgan fingerprint density at radius 3 is 2.08 bits per heavy atom. The highest BCUT2D eigenvalue weighted by atomic mass is 28.4. The average molecular weight is 387 g/mol. The number of hydrogen-bond acceptors (Lipinski definition) is 4. The summed E-state index contributed by atoms with van der Waals surface area (Å²) in [5.74, 6) is 0. The molecule has 2 N–H and O–H groups in total. The first-order chi connectivity index (χ1) is 11.7. The van der Waals surface area contributed by atoms with E-state index < -0.39 is 13.9 Å². The molecule has 0 aromatic heterocycles. The highest BCUT2D eigenvalue weighted by Gasteiger charge is 2.39. The Hall–Kier alpha value is -0.593. The zero-order chi connectivity index (χ0) is 20.2. The number of carbonyl (C=O) groups excluding carboxylic acids is 1. The molecule has 0 aromatic rings. The van der Waals surface area contributed by atoms with Crippen LogP contribution in [-0.2, 0) is 9.16 Å². The molecule has 0 radical (unpaired) electrons. The molecule has 1 rings (SSSR count). The lowest BCUT2D eigenvalue weighted by Crippen LogP contribution is -2.48. The van der Waals surface area contributed by atoms with Gasteiger partial charge in [-0.1, -0.05) is 20.8 Å². The minimum absolute atomic E-state index is 0.0473. The van der Waals surface area contributed by atoms with Crippen LogP contribution in [0.15, 0.2) is 0 Å². The van der Waals surface area contributed by atoms with E-state index in [0.29, 0.717) is 12.1 Å². The molecule has 0 saturated heterocycles. The summed E-state index contributed by atoms with van der Waals surface area (Å²) in [5, 5.41) is 6.75. The van der Waals surface area contributed by atoms with Gasteiger partial charge in [0.25, 0.3) is 0 Å². The van der Waals surface area contributed by atoms with E-state index in [9.17, 15) is 4.79 Å². The first-order valence-corrected chi connectivity index (χ1v) is 13.0. The number of amides is 1. The van der Waals surface area contributed by atoms with Crippen LogP contribution in [0, 0.1) is 0 Å². The second-order valence-electron chi connectivity index (χ2n) is 10.3. The highest BCUT2D eigenvalue weighted by Crippen LogP contribution is 2.39. The summed E-state index contributed by atoms with van der Waals surface area (Å²) in [6.07, 6.45) is 4.58. The van der Waals surface area contributed by atoms with Crippen molar-refractivity contribution in [1.82, 2.24) is 10.6 Å². The topological polar surface area (TPSA) is 59.6 Å². The van der Waals surface area contributed by atoms with E-state index in [1.165, 1.54) is 0 Å². The maximum atomic E-state index is 11.8. The van der Waals surface area contributed by atoms with Gasteiger partial charge in [-0.25, -0.2) is 4.79 Å². The van der Waals surface area contributed by atoms with Gasteiger partial charge in [-0.2, -0.15) is 0 Å². The fourth-order valence-electron chi connectivity index (χ4n) is 2.88. The third kappa shape index (κ3) is 8.40. The van der Waals surface area contributed by atoms with Crippen LogP contribution in [0.5, 0.6) is 0 Å². The molecular weight excluding hydrogens is 344 g/mol. The summed E-state index contributed by atoms with van der Waals surface area (Å²) in [7, 11) is -1.67. The molecule has 0 unspecified atom stereocenters. The second kappa shape index (κ2) is 9.07. The Morgan fingerprint density at radius 1 is 1.08 bits per heavy atom. The quantitative estimate of drug-likeness (QED) is 0.642. The molecule has 1 aliphatic rings. The SMILES string of the molecule is C[C@H](CNC1CCC(O[Si](C)(C)C(C)(C)C)CC1)NC(=O)OC(C)(C)C. The van der Waals surface area contributed by atoms with Gasteiger partial charge < -0.3 is 19.8 Å². The van der Waals surface area contributed by atoms with Crippen molar-refractivity contribution in [2.75, 3.05) is 6.54 Å². The highest BCUT2D eigenvalue weighted by molar-refractivity contribution is 6.74. The molecule has 0 spiro atoms. The third-order valence-electron chi connectivity index (χ3n) is 5.42. The molecule has 1 saturated carbocycles. The minimum Gasteiger partial charge on any atom is -0.444 e. The number of nitrogens with one attached hydrogen (secondary N) is 2. The normalized spacial score (nSPS) is 23.4. The molecule has 1 atom stereocenters. The standard InChI is InChI=1S/C20H42N2O3Si/c1-15(22-18(23)24-19(2,3)4)14-21-16-10-12-17(13-11-16)25-26(8,9)20(5,6)7/h15-17,21H,10-14H2,1-9H3,(H,22,23)/t15-,16?,17?/m1/s1. The van der Waals surface area contributed by atoms with Gasteiger partial charge in [0.2, 0.25) is 0 Å². The monoisotopic (exact) mass is 386 g/mol. The summed E-state index contributed by atoms with van der Waals surface area (Å²) in [4.78, 5) is 11.8. The lowest BCUT2D eigenvalue weighted by Gasteiger charge is -2.41. The largest absolute Gasteiger partial charge is 0.444 e. The smallest absolute Gasteiger partial charge is 0.407 e. The van der Waals surface area contributed by atoms with Gasteiger partial charge in [-0.05, 0) is 71.5 Å². The zero-order valence-electron chi connectivity index (χ0n) is 18.5. The van der Waals surface area contributed by atoms with E-state index in [4.69, 9.17) is 9.16 Å². The van der Waals surface area contributed by atoms with E-state index in [1.807, 2.05) is 27.7 Å². The van der Waals surface area contributed by atoms with E-state index in [2.05, 4.69) is 44.5 Å². The fraction of sp³-hybridized carbons (Fsp3) is 0.950. The van der Waals surface area contributed by atoms with Gasteiger partial charge in [0.05, 0.1) is 0 Å². The lowest BCUT2D eigenvalue weighted by atomic mass is 9.93. The summed E-state index contributed by atoms with van der Waals surface area (Å²) >= 11 is 0. The van der Waals surface area contributed by atoms with Crippen LogP contribution in [-0.4, -0.2) is 44.7 Å². The van der Waals surface area contributed by atoms with Crippen molar-refractivity contribution in [1.29, 1.82) is 0 Å². The number of hydrogen-bond donors (Lipinski definition) is 2. The number of carbonyl (C=O) groups is 1. The van der Waals surface area contributed by atoms with Crippen molar-refractivity contribution >= 4 is 14.4 Å². The van der Waals surface area contributed by atoms with Gasteiger partial charge >= 0.3 is 6.09 Å². The molecule has 0 heterocycles. The molecule has 0 bridgehead atoms. The molecule has 5 nitrogen and oxygen atoms in total. The first kappa shape index (κ1) is 23.4. The zero-order valence-corrected chi connectivity index (χ0v) is 19.5. The van der Waals surface area contributed by atoms with Crippen LogP contribution in [0.4, 0.5) is 4.79 Å². The van der Waals surface area contributed by atoms with Crippen LogP contribution in [0.25, 0.3) is 0 Å². The van der Waals surface area contributed by atoms with Crippen LogP contribution >= 0.6 is 0 Å². The van der Waals surface area contributed by atoms with E-state index >= 15 is 0 Å². The molecule has 1 amide bonds. The third-order valence-corrected chi connectivity index (χ3v) is 9.95. The van der Waals surface area contributed by atoms with Crippen molar-refractivity contribution in [2.24, 2.45) is 0 Å². The Morgan fingerprint density at radius 2 is 1.62 bits per heavy atom. The van der Waals surface area contributed by atoms with Crippen molar-refractivity contribution in [3.8, 4) is 0 Å². The molecule has 1 aliphatic carbocycles. The van der Waals surface area contributed by atoms with Gasteiger partial charge in [0.15, 0.2) is 8.32 Å². The van der Waals surface area contributed by atoms with Crippen molar-refractivity contribution in [3.63, 3.8) is 0 Å². The molecule has 26 heavy (non-hydrogen) atoms. The molecular formula is C20H42N2O3Si. The number of alkyl carbamates (subject to hydrolysis) is 1. The van der Waals surface area contributed by atoms with Gasteiger partial charge in [0, 0.05) is 24.7 Å². The molecule has 6 heteroatoms. The second-order valence-corrected chi connectivity index (χ2v) is 15.1. The van der Waals surface area contributed by atoms with Crippen molar-refractivity contribution < 1.29 is 14.0 Å². The van der Waals surface area contributed by atoms with Gasteiger partial charge in [-0.15, -0.1) is 0 Å². The summed E-state index contributed by atoms with van der Waals surface area (Å²) < 4.78 is 11.9. The van der Waals surface area contributed by atoms with Crippen LogP contribution in [0.3, 0.4) is 0 Å². The molecule has 1 fully saturated rings. The predicted molar refractivity (Wildman–Crippen MR) is 111 cm³/mol.